The molecule has 1 aliphatic carbocycles. The van der Waals surface area contributed by atoms with Gasteiger partial charge in [-0.3, -0.25) is 4.90 Å². The molecule has 2 fully saturated rings. The van der Waals surface area contributed by atoms with Gasteiger partial charge in [-0.2, -0.15) is 0 Å². The van der Waals surface area contributed by atoms with Crippen LogP contribution in [0.2, 0.25) is 0 Å². The lowest BCUT2D eigenvalue weighted by atomic mass is 9.88. The fourth-order valence-corrected chi connectivity index (χ4v) is 4.60. The number of hydrogen-bond donors (Lipinski definition) is 1. The summed E-state index contributed by atoms with van der Waals surface area (Å²) >= 11 is 1.57. The lowest BCUT2D eigenvalue weighted by molar-refractivity contribution is 0.186. The minimum atomic E-state index is 0.451. The summed E-state index contributed by atoms with van der Waals surface area (Å²) in [6, 6.07) is 2.53. The van der Waals surface area contributed by atoms with Crippen molar-refractivity contribution >= 4 is 22.4 Å². The van der Waals surface area contributed by atoms with Crippen LogP contribution in [0.5, 0.6) is 0 Å². The van der Waals surface area contributed by atoms with Gasteiger partial charge in [0.15, 0.2) is 5.13 Å². The first-order chi connectivity index (χ1) is 11.9. The molecule has 4 rings (SSSR count). The van der Waals surface area contributed by atoms with Gasteiger partial charge in [0, 0.05) is 24.3 Å². The molecule has 3 heterocycles. The van der Waals surface area contributed by atoms with E-state index in [1.807, 2.05) is 11.6 Å². The standard InChI is InChI=1S/C18H25N5S/c1-2-5-14(6-3-1)13-23-11-4-7-16(23)15-8-9-19-17(21-15)22-18-20-10-12-24-18/h8-10,12,14,16H,1-7,11,13H2,(H,19,20,21,22). The van der Waals surface area contributed by atoms with Crippen molar-refractivity contribution in [3.63, 3.8) is 0 Å². The molecule has 1 unspecified atom stereocenters. The predicted octanol–water partition coefficient (Wildman–Crippen LogP) is 4.39. The monoisotopic (exact) mass is 343 g/mol. The van der Waals surface area contributed by atoms with E-state index in [0.717, 1.165) is 16.7 Å². The lowest BCUT2D eigenvalue weighted by Crippen LogP contribution is -2.30. The van der Waals surface area contributed by atoms with Crippen LogP contribution in [-0.2, 0) is 0 Å². The minimum absolute atomic E-state index is 0.451. The molecule has 5 nitrogen and oxygen atoms in total. The van der Waals surface area contributed by atoms with Crippen molar-refractivity contribution in [3.8, 4) is 0 Å². The van der Waals surface area contributed by atoms with Crippen molar-refractivity contribution in [2.24, 2.45) is 5.92 Å². The number of nitrogens with one attached hydrogen (secondary N) is 1. The maximum Gasteiger partial charge on any atom is 0.229 e. The smallest absolute Gasteiger partial charge is 0.229 e. The molecule has 1 saturated heterocycles. The van der Waals surface area contributed by atoms with Gasteiger partial charge >= 0.3 is 0 Å². The second-order valence-electron chi connectivity index (χ2n) is 6.92. The Bertz CT molecular complexity index is 639. The quantitative estimate of drug-likeness (QED) is 0.872. The van der Waals surface area contributed by atoms with Crippen LogP contribution in [0.25, 0.3) is 0 Å². The van der Waals surface area contributed by atoms with Gasteiger partial charge < -0.3 is 5.32 Å². The molecule has 128 valence electrons. The second kappa shape index (κ2) is 7.57. The SMILES string of the molecule is c1cc(C2CCCN2CC2CCCCC2)nc(Nc2nccs2)n1. The topological polar surface area (TPSA) is 53.9 Å². The largest absolute Gasteiger partial charge is 0.300 e. The van der Waals surface area contributed by atoms with Crippen molar-refractivity contribution in [3.05, 3.63) is 29.5 Å². The summed E-state index contributed by atoms with van der Waals surface area (Å²) in [5.41, 5.74) is 1.15. The molecular weight excluding hydrogens is 318 g/mol. The highest BCUT2D eigenvalue weighted by Gasteiger charge is 2.29. The van der Waals surface area contributed by atoms with Crippen molar-refractivity contribution in [2.75, 3.05) is 18.4 Å². The molecule has 2 aromatic rings. The predicted molar refractivity (Wildman–Crippen MR) is 97.6 cm³/mol. The molecule has 0 aromatic carbocycles. The summed E-state index contributed by atoms with van der Waals surface area (Å²) in [5, 5.41) is 6.01. The molecular formula is C18H25N5S. The molecule has 0 amide bonds. The van der Waals surface area contributed by atoms with E-state index < -0.39 is 0 Å². The van der Waals surface area contributed by atoms with Crippen molar-refractivity contribution in [1.29, 1.82) is 0 Å². The normalized spacial score (nSPS) is 22.8. The van der Waals surface area contributed by atoms with Crippen LogP contribution in [0, 0.1) is 5.92 Å². The van der Waals surface area contributed by atoms with E-state index in [9.17, 15) is 0 Å². The third-order valence-corrected chi connectivity index (χ3v) is 5.94. The van der Waals surface area contributed by atoms with Crippen molar-refractivity contribution in [2.45, 2.75) is 51.0 Å². The number of anilines is 2. The summed E-state index contributed by atoms with van der Waals surface area (Å²) in [7, 11) is 0. The highest BCUT2D eigenvalue weighted by molar-refractivity contribution is 7.13. The van der Waals surface area contributed by atoms with Gasteiger partial charge in [-0.1, -0.05) is 19.3 Å². The third-order valence-electron chi connectivity index (χ3n) is 5.25. The number of nitrogens with zero attached hydrogens (tertiary/aromatic N) is 4. The average Bonchev–Trinajstić information content (AvgIpc) is 3.28. The summed E-state index contributed by atoms with van der Waals surface area (Å²) in [5.74, 6) is 1.54. The Labute approximate surface area is 147 Å². The van der Waals surface area contributed by atoms with Crippen LogP contribution in [-0.4, -0.2) is 32.9 Å². The van der Waals surface area contributed by atoms with E-state index in [2.05, 4.69) is 26.3 Å². The highest BCUT2D eigenvalue weighted by atomic mass is 32.1. The molecule has 0 radical (unpaired) electrons. The van der Waals surface area contributed by atoms with Crippen molar-refractivity contribution < 1.29 is 0 Å². The number of thiazole rings is 1. The highest BCUT2D eigenvalue weighted by Crippen LogP contribution is 2.34. The average molecular weight is 344 g/mol. The molecule has 6 heteroatoms. The van der Waals surface area contributed by atoms with Gasteiger partial charge in [-0.25, -0.2) is 15.0 Å². The summed E-state index contributed by atoms with van der Waals surface area (Å²) in [6.07, 6.45) is 13.2. The van der Waals surface area contributed by atoms with E-state index in [0.29, 0.717) is 12.0 Å². The Morgan fingerprint density at radius 3 is 2.83 bits per heavy atom. The first kappa shape index (κ1) is 16.0. The fourth-order valence-electron chi connectivity index (χ4n) is 4.08. The van der Waals surface area contributed by atoms with Crippen LogP contribution >= 0.6 is 11.3 Å². The molecule has 1 atom stereocenters. The number of aromatic nitrogens is 3. The Balaban J connectivity index is 1.45. The first-order valence-corrected chi connectivity index (χ1v) is 10.00. The maximum atomic E-state index is 4.78. The van der Waals surface area contributed by atoms with Crippen LogP contribution < -0.4 is 5.32 Å². The van der Waals surface area contributed by atoms with Crippen LogP contribution in [0.1, 0.15) is 56.7 Å². The van der Waals surface area contributed by atoms with Gasteiger partial charge in [0.25, 0.3) is 0 Å². The van der Waals surface area contributed by atoms with E-state index in [-0.39, 0.29) is 0 Å². The Morgan fingerprint density at radius 2 is 2.00 bits per heavy atom. The van der Waals surface area contributed by atoms with E-state index >= 15 is 0 Å². The molecule has 1 saturated carbocycles. The van der Waals surface area contributed by atoms with E-state index in [1.165, 1.54) is 58.0 Å². The Morgan fingerprint density at radius 1 is 1.08 bits per heavy atom. The van der Waals surface area contributed by atoms with Crippen LogP contribution in [0.3, 0.4) is 0 Å². The molecule has 24 heavy (non-hydrogen) atoms. The molecule has 0 bridgehead atoms. The van der Waals surface area contributed by atoms with Crippen LogP contribution in [0.4, 0.5) is 11.1 Å². The fraction of sp³-hybridized carbons (Fsp3) is 0.611. The summed E-state index contributed by atoms with van der Waals surface area (Å²) < 4.78 is 0. The Hall–Kier alpha value is -1.53. The zero-order valence-corrected chi connectivity index (χ0v) is 14.8. The lowest BCUT2D eigenvalue weighted by Gasteiger charge is -2.30. The molecule has 1 aliphatic heterocycles. The summed E-state index contributed by atoms with van der Waals surface area (Å²) in [4.78, 5) is 16.0. The molecule has 0 spiro atoms. The third kappa shape index (κ3) is 3.75. The zero-order chi connectivity index (χ0) is 16.2. The van der Waals surface area contributed by atoms with Gasteiger partial charge in [0.2, 0.25) is 5.95 Å². The Kier molecular flexibility index (Phi) is 5.04. The number of rotatable bonds is 5. The van der Waals surface area contributed by atoms with E-state index in [1.54, 1.807) is 17.5 Å². The number of likely N-dealkylation sites (tertiary alicyclic amines) is 1. The van der Waals surface area contributed by atoms with Gasteiger partial charge in [0.05, 0.1) is 11.7 Å². The van der Waals surface area contributed by atoms with E-state index in [4.69, 9.17) is 4.98 Å². The van der Waals surface area contributed by atoms with Gasteiger partial charge in [-0.15, -0.1) is 11.3 Å². The second-order valence-corrected chi connectivity index (χ2v) is 7.82. The maximum absolute atomic E-state index is 4.78. The molecule has 2 aromatic heterocycles. The van der Waals surface area contributed by atoms with Crippen molar-refractivity contribution in [1.82, 2.24) is 19.9 Å². The minimum Gasteiger partial charge on any atom is -0.300 e. The molecule has 2 aliphatic rings. The number of hydrogen-bond acceptors (Lipinski definition) is 6. The first-order valence-electron chi connectivity index (χ1n) is 9.12. The molecule has 1 N–H and O–H groups in total. The zero-order valence-electron chi connectivity index (χ0n) is 14.0. The van der Waals surface area contributed by atoms with Gasteiger partial charge in [0.1, 0.15) is 0 Å². The summed E-state index contributed by atoms with van der Waals surface area (Å²) in [6.45, 7) is 2.45. The van der Waals surface area contributed by atoms with Gasteiger partial charge in [-0.05, 0) is 44.2 Å². The van der Waals surface area contributed by atoms with Crippen LogP contribution in [0.15, 0.2) is 23.8 Å².